The van der Waals surface area contributed by atoms with Gasteiger partial charge in [0.15, 0.2) is 0 Å². The van der Waals surface area contributed by atoms with Crippen molar-refractivity contribution in [3.63, 3.8) is 0 Å². The number of esters is 1. The van der Waals surface area contributed by atoms with Crippen LogP contribution in [0.5, 0.6) is 0 Å². The topological polar surface area (TPSA) is 89.8 Å². The summed E-state index contributed by atoms with van der Waals surface area (Å²) in [6.07, 6.45) is 8.42. The van der Waals surface area contributed by atoms with Crippen LogP contribution in [0, 0.1) is 10.1 Å². The van der Waals surface area contributed by atoms with E-state index in [0.29, 0.717) is 19.3 Å². The van der Waals surface area contributed by atoms with E-state index in [1.807, 2.05) is 66.7 Å². The molecule has 0 fully saturated rings. The highest BCUT2D eigenvalue weighted by atomic mass is 16.6. The minimum Gasteiger partial charge on any atom is -0.455 e. The average molecular weight is 447 g/mol. The Morgan fingerprint density at radius 3 is 2.24 bits per heavy atom. The molecule has 0 radical (unpaired) electrons. The number of carbonyl (C=O) groups is 2. The number of hydrogen-bond donors (Lipinski definition) is 0. The molecule has 1 aliphatic carbocycles. The number of amides is 1. The lowest BCUT2D eigenvalue weighted by molar-refractivity contribution is -0.523. The average Bonchev–Trinajstić information content (AvgIpc) is 2.83. The Balaban J connectivity index is 1.61. The molecular weight excluding hydrogens is 420 g/mol. The van der Waals surface area contributed by atoms with Gasteiger partial charge in [-0.3, -0.25) is 19.8 Å². The summed E-state index contributed by atoms with van der Waals surface area (Å²) in [7, 11) is 0. The van der Waals surface area contributed by atoms with Gasteiger partial charge < -0.3 is 4.74 Å². The Kier molecular flexibility index (Phi) is 8.30. The minimum absolute atomic E-state index is 0.274. The van der Waals surface area contributed by atoms with Gasteiger partial charge in [-0.15, -0.1) is 0 Å². The van der Waals surface area contributed by atoms with Gasteiger partial charge in [-0.2, -0.15) is 0 Å². The van der Waals surface area contributed by atoms with Gasteiger partial charge in [0.05, 0.1) is 0 Å². The third-order valence-corrected chi connectivity index (χ3v) is 5.17. The standard InChI is InChI=1S/C26H26N2O5/c1-20(33-26(30)18-16-21-9-8-14-24(19-21)28(31)32)15-17-25(29)27(22-10-4-2-5-11-22)23-12-6-3-7-13-23/h2-7,9-13,15-18,20,24H,8,14,19H2,1H3. The zero-order valence-electron chi connectivity index (χ0n) is 18.4. The molecule has 2 aromatic rings. The maximum Gasteiger partial charge on any atom is 0.331 e. The maximum absolute atomic E-state index is 13.0. The van der Waals surface area contributed by atoms with Crippen LogP contribution in [-0.2, 0) is 14.3 Å². The SMILES string of the molecule is CC(C=CC(=O)N(c1ccccc1)c1ccccc1)OC(=O)C=CC1=CCCC([N+](=O)[O-])C1. The first kappa shape index (κ1) is 23.7. The molecule has 3 rings (SSSR count). The monoisotopic (exact) mass is 446 g/mol. The van der Waals surface area contributed by atoms with E-state index in [0.717, 1.165) is 16.9 Å². The van der Waals surface area contributed by atoms with Crippen LogP contribution in [0.25, 0.3) is 0 Å². The van der Waals surface area contributed by atoms with E-state index in [4.69, 9.17) is 4.74 Å². The van der Waals surface area contributed by atoms with Gasteiger partial charge in [0.1, 0.15) is 6.10 Å². The Morgan fingerprint density at radius 2 is 1.67 bits per heavy atom. The number of allylic oxidation sites excluding steroid dienone is 2. The van der Waals surface area contributed by atoms with Gasteiger partial charge in [-0.05, 0) is 49.3 Å². The van der Waals surface area contributed by atoms with Crippen LogP contribution in [0.2, 0.25) is 0 Å². The van der Waals surface area contributed by atoms with Gasteiger partial charge in [0.2, 0.25) is 6.04 Å². The highest BCUT2D eigenvalue weighted by Gasteiger charge is 2.23. The number of para-hydroxylation sites is 2. The predicted octanol–water partition coefficient (Wildman–Crippen LogP) is 5.15. The summed E-state index contributed by atoms with van der Waals surface area (Å²) < 4.78 is 5.31. The number of nitrogens with zero attached hydrogens (tertiary/aromatic N) is 2. The van der Waals surface area contributed by atoms with Crippen molar-refractivity contribution in [1.82, 2.24) is 0 Å². The summed E-state index contributed by atoms with van der Waals surface area (Å²) in [4.78, 5) is 37.4. The van der Waals surface area contributed by atoms with E-state index in [-0.39, 0.29) is 10.8 Å². The molecule has 0 aliphatic heterocycles. The van der Waals surface area contributed by atoms with Crippen molar-refractivity contribution in [1.29, 1.82) is 0 Å². The Hall–Kier alpha value is -4.00. The van der Waals surface area contributed by atoms with Crippen molar-refractivity contribution >= 4 is 23.3 Å². The van der Waals surface area contributed by atoms with Crippen LogP contribution in [0.15, 0.2) is 96.6 Å². The summed E-state index contributed by atoms with van der Waals surface area (Å²) in [5.74, 6) is -0.851. The molecule has 0 saturated carbocycles. The Labute approximate surface area is 192 Å². The first-order valence-corrected chi connectivity index (χ1v) is 10.8. The van der Waals surface area contributed by atoms with Crippen molar-refractivity contribution in [3.05, 3.63) is 107 Å². The molecule has 0 N–H and O–H groups in total. The minimum atomic E-state index is -0.633. The zero-order valence-corrected chi connectivity index (χ0v) is 18.4. The molecule has 170 valence electrons. The van der Waals surface area contributed by atoms with E-state index in [2.05, 4.69) is 0 Å². The third-order valence-electron chi connectivity index (χ3n) is 5.17. The summed E-state index contributed by atoms with van der Waals surface area (Å²) in [5.41, 5.74) is 2.19. The maximum atomic E-state index is 13.0. The number of rotatable bonds is 8. The van der Waals surface area contributed by atoms with E-state index in [9.17, 15) is 19.7 Å². The van der Waals surface area contributed by atoms with E-state index < -0.39 is 18.1 Å². The molecule has 33 heavy (non-hydrogen) atoms. The van der Waals surface area contributed by atoms with Crippen LogP contribution in [0.4, 0.5) is 11.4 Å². The second-order valence-corrected chi connectivity index (χ2v) is 7.68. The van der Waals surface area contributed by atoms with Crippen LogP contribution < -0.4 is 4.90 Å². The van der Waals surface area contributed by atoms with Gasteiger partial charge in [0, 0.05) is 41.3 Å². The summed E-state index contributed by atoms with van der Waals surface area (Å²) in [5, 5.41) is 11.0. The fourth-order valence-electron chi connectivity index (χ4n) is 3.52. The van der Waals surface area contributed by atoms with Crippen molar-refractivity contribution < 1.29 is 19.2 Å². The molecule has 2 unspecified atom stereocenters. The third kappa shape index (κ3) is 7.00. The van der Waals surface area contributed by atoms with Gasteiger partial charge >= 0.3 is 5.97 Å². The lowest BCUT2D eigenvalue weighted by Gasteiger charge is -2.21. The molecule has 7 nitrogen and oxygen atoms in total. The predicted molar refractivity (Wildman–Crippen MR) is 127 cm³/mol. The van der Waals surface area contributed by atoms with Crippen LogP contribution in [0.3, 0.4) is 0 Å². The van der Waals surface area contributed by atoms with Crippen molar-refractivity contribution in [2.45, 2.75) is 38.3 Å². The fraction of sp³-hybridized carbons (Fsp3) is 0.231. The zero-order chi connectivity index (χ0) is 23.6. The Morgan fingerprint density at radius 1 is 1.06 bits per heavy atom. The molecule has 1 aliphatic rings. The van der Waals surface area contributed by atoms with E-state index >= 15 is 0 Å². The molecule has 2 atom stereocenters. The number of hydrogen-bond acceptors (Lipinski definition) is 5. The van der Waals surface area contributed by atoms with Gasteiger partial charge in [-0.25, -0.2) is 4.79 Å². The quantitative estimate of drug-likeness (QED) is 0.242. The number of carbonyl (C=O) groups excluding carboxylic acids is 2. The summed E-state index contributed by atoms with van der Waals surface area (Å²) >= 11 is 0. The van der Waals surface area contributed by atoms with Crippen LogP contribution in [-0.4, -0.2) is 28.9 Å². The van der Waals surface area contributed by atoms with Crippen LogP contribution >= 0.6 is 0 Å². The number of nitro groups is 1. The van der Waals surface area contributed by atoms with Crippen molar-refractivity contribution in [3.8, 4) is 0 Å². The smallest absolute Gasteiger partial charge is 0.331 e. The molecule has 2 aromatic carbocycles. The molecule has 0 bridgehead atoms. The van der Waals surface area contributed by atoms with Gasteiger partial charge in [-0.1, -0.05) is 48.6 Å². The molecule has 0 saturated heterocycles. The summed E-state index contributed by atoms with van der Waals surface area (Å²) in [6.45, 7) is 1.66. The molecule has 7 heteroatoms. The molecule has 0 heterocycles. The second-order valence-electron chi connectivity index (χ2n) is 7.68. The number of ether oxygens (including phenoxy) is 1. The summed E-state index contributed by atoms with van der Waals surface area (Å²) in [6, 6.07) is 17.9. The first-order valence-electron chi connectivity index (χ1n) is 10.8. The fourth-order valence-corrected chi connectivity index (χ4v) is 3.52. The highest BCUT2D eigenvalue weighted by molar-refractivity contribution is 6.07. The Bertz CT molecular complexity index is 1020. The van der Waals surface area contributed by atoms with Crippen molar-refractivity contribution in [2.24, 2.45) is 0 Å². The lowest BCUT2D eigenvalue weighted by Crippen LogP contribution is -2.24. The van der Waals surface area contributed by atoms with E-state index in [1.165, 1.54) is 18.2 Å². The molecule has 0 spiro atoms. The number of benzene rings is 2. The first-order chi connectivity index (χ1) is 15.9. The normalized spacial score (nSPS) is 16.9. The van der Waals surface area contributed by atoms with Crippen LogP contribution in [0.1, 0.15) is 26.2 Å². The molecule has 0 aromatic heterocycles. The van der Waals surface area contributed by atoms with Gasteiger partial charge in [0.25, 0.3) is 5.91 Å². The largest absolute Gasteiger partial charge is 0.455 e. The number of anilines is 2. The highest BCUT2D eigenvalue weighted by Crippen LogP contribution is 2.25. The molecular formula is C26H26N2O5. The van der Waals surface area contributed by atoms with E-state index in [1.54, 1.807) is 17.9 Å². The lowest BCUT2D eigenvalue weighted by atomic mass is 9.95. The van der Waals surface area contributed by atoms with Crippen molar-refractivity contribution in [2.75, 3.05) is 4.90 Å². The second kappa shape index (κ2) is 11.6. The molecule has 1 amide bonds.